The number of rotatable bonds is 2. The van der Waals surface area contributed by atoms with Gasteiger partial charge < -0.3 is 0 Å². The van der Waals surface area contributed by atoms with E-state index in [0.717, 1.165) is 12.1 Å². The predicted molar refractivity (Wildman–Crippen MR) is 40.6 cm³/mol. The molecule has 2 nitrogen and oxygen atoms in total. The van der Waals surface area contributed by atoms with E-state index in [-0.39, 0.29) is 0 Å². The molecule has 0 amide bonds. The molecule has 0 unspecified atom stereocenters. The van der Waals surface area contributed by atoms with E-state index in [2.05, 4.69) is 12.0 Å². The van der Waals surface area contributed by atoms with Crippen molar-refractivity contribution in [2.75, 3.05) is 0 Å². The van der Waals surface area contributed by atoms with Gasteiger partial charge in [-0.2, -0.15) is 5.11 Å². The van der Waals surface area contributed by atoms with Gasteiger partial charge in [0, 0.05) is 0 Å². The summed E-state index contributed by atoms with van der Waals surface area (Å²) in [5.74, 6) is 0. The van der Waals surface area contributed by atoms with Crippen LogP contribution in [0.25, 0.3) is 0 Å². The monoisotopic (exact) mass is 134 g/mol. The van der Waals surface area contributed by atoms with Crippen molar-refractivity contribution in [3.05, 3.63) is 29.8 Å². The molecule has 0 atom stereocenters. The van der Waals surface area contributed by atoms with Crippen LogP contribution in [0, 0.1) is 5.53 Å². The Hall–Kier alpha value is -1.18. The van der Waals surface area contributed by atoms with Gasteiger partial charge in [-0.05, 0) is 24.1 Å². The number of nitrogens with one attached hydrogen (secondary N) is 1. The van der Waals surface area contributed by atoms with E-state index in [0.29, 0.717) is 0 Å². The first kappa shape index (κ1) is 6.93. The molecule has 0 saturated carbocycles. The summed E-state index contributed by atoms with van der Waals surface area (Å²) < 4.78 is 0. The van der Waals surface area contributed by atoms with Crippen LogP contribution in [0.15, 0.2) is 29.4 Å². The maximum absolute atomic E-state index is 6.74. The molecule has 0 aliphatic rings. The van der Waals surface area contributed by atoms with E-state index >= 15 is 0 Å². The fourth-order valence-corrected chi connectivity index (χ4v) is 0.846. The molecule has 1 N–H and O–H groups in total. The van der Waals surface area contributed by atoms with Crippen molar-refractivity contribution in [3.63, 3.8) is 0 Å². The number of hydrogen-bond donors (Lipinski definition) is 1. The van der Waals surface area contributed by atoms with Crippen LogP contribution >= 0.6 is 0 Å². The van der Waals surface area contributed by atoms with Crippen molar-refractivity contribution in [1.82, 2.24) is 0 Å². The Morgan fingerprint density at radius 2 is 2.30 bits per heavy atom. The van der Waals surface area contributed by atoms with Gasteiger partial charge in [-0.1, -0.05) is 19.1 Å². The molecule has 0 spiro atoms. The molecule has 2 heteroatoms. The molecule has 0 bridgehead atoms. The third-order valence-electron chi connectivity index (χ3n) is 1.45. The maximum atomic E-state index is 6.74. The SMILES string of the molecule is CCc1cccc(N=N)c1. The van der Waals surface area contributed by atoms with Gasteiger partial charge in [-0.15, -0.1) is 0 Å². The number of hydrogen-bond acceptors (Lipinski definition) is 2. The molecule has 0 saturated heterocycles. The van der Waals surface area contributed by atoms with Crippen LogP contribution in [0.4, 0.5) is 5.69 Å². The second-order valence-electron chi connectivity index (χ2n) is 2.14. The van der Waals surface area contributed by atoms with Crippen molar-refractivity contribution in [1.29, 1.82) is 5.53 Å². The lowest BCUT2D eigenvalue weighted by Crippen LogP contribution is -1.75. The highest BCUT2D eigenvalue weighted by Crippen LogP contribution is 2.13. The average Bonchev–Trinajstić information content (AvgIpc) is 2.05. The summed E-state index contributed by atoms with van der Waals surface area (Å²) in [4.78, 5) is 0. The summed E-state index contributed by atoms with van der Waals surface area (Å²) in [5, 5.41) is 3.33. The average molecular weight is 134 g/mol. The molecule has 0 aromatic heterocycles. The largest absolute Gasteiger partial charge is 0.204 e. The molecule has 0 aliphatic carbocycles. The van der Waals surface area contributed by atoms with E-state index in [9.17, 15) is 0 Å². The quantitative estimate of drug-likeness (QED) is 0.604. The summed E-state index contributed by atoms with van der Waals surface area (Å²) >= 11 is 0. The molecule has 1 aromatic rings. The van der Waals surface area contributed by atoms with Gasteiger partial charge in [0.1, 0.15) is 0 Å². The van der Waals surface area contributed by atoms with Gasteiger partial charge in [0.15, 0.2) is 0 Å². The fourth-order valence-electron chi connectivity index (χ4n) is 0.846. The van der Waals surface area contributed by atoms with Crippen LogP contribution in [0.3, 0.4) is 0 Å². The molecule has 1 rings (SSSR count). The third kappa shape index (κ3) is 1.41. The molecular formula is C8H10N2. The molecule has 0 aliphatic heterocycles. The highest BCUT2D eigenvalue weighted by Gasteiger charge is 1.89. The topological polar surface area (TPSA) is 36.2 Å². The van der Waals surface area contributed by atoms with Crippen molar-refractivity contribution in [2.24, 2.45) is 5.11 Å². The summed E-state index contributed by atoms with van der Waals surface area (Å²) in [6, 6.07) is 7.71. The van der Waals surface area contributed by atoms with Crippen LogP contribution in [0.5, 0.6) is 0 Å². The van der Waals surface area contributed by atoms with Crippen molar-refractivity contribution >= 4 is 5.69 Å². The van der Waals surface area contributed by atoms with Gasteiger partial charge >= 0.3 is 0 Å². The summed E-state index contributed by atoms with van der Waals surface area (Å²) in [6.45, 7) is 2.09. The van der Waals surface area contributed by atoms with E-state index in [1.54, 1.807) is 0 Å². The first-order valence-electron chi connectivity index (χ1n) is 3.33. The minimum atomic E-state index is 0.736. The van der Waals surface area contributed by atoms with Crippen LogP contribution in [-0.2, 0) is 6.42 Å². The first-order chi connectivity index (χ1) is 4.86. The Kier molecular flexibility index (Phi) is 2.15. The Morgan fingerprint density at radius 1 is 1.50 bits per heavy atom. The number of benzene rings is 1. The summed E-state index contributed by atoms with van der Waals surface area (Å²) in [6.07, 6.45) is 1.00. The molecule has 1 aromatic carbocycles. The van der Waals surface area contributed by atoms with Gasteiger partial charge in [-0.3, -0.25) is 0 Å². The maximum Gasteiger partial charge on any atom is 0.0852 e. The Morgan fingerprint density at radius 3 is 2.90 bits per heavy atom. The van der Waals surface area contributed by atoms with Crippen molar-refractivity contribution in [2.45, 2.75) is 13.3 Å². The van der Waals surface area contributed by atoms with Crippen molar-refractivity contribution in [3.8, 4) is 0 Å². The fraction of sp³-hybridized carbons (Fsp3) is 0.250. The van der Waals surface area contributed by atoms with Gasteiger partial charge in [0.25, 0.3) is 0 Å². The minimum absolute atomic E-state index is 0.736. The zero-order valence-corrected chi connectivity index (χ0v) is 5.96. The zero-order valence-electron chi connectivity index (χ0n) is 5.96. The Labute approximate surface area is 60.4 Å². The molecule has 0 fully saturated rings. The Bertz CT molecular complexity index is 230. The molecule has 52 valence electrons. The van der Waals surface area contributed by atoms with Crippen LogP contribution in [-0.4, -0.2) is 0 Å². The predicted octanol–water partition coefficient (Wildman–Crippen LogP) is 2.91. The summed E-state index contributed by atoms with van der Waals surface area (Å²) in [7, 11) is 0. The van der Waals surface area contributed by atoms with E-state index in [4.69, 9.17) is 5.53 Å². The van der Waals surface area contributed by atoms with Crippen molar-refractivity contribution < 1.29 is 0 Å². The van der Waals surface area contributed by atoms with Crippen LogP contribution in [0.2, 0.25) is 0 Å². The highest BCUT2D eigenvalue weighted by atomic mass is 15.0. The smallest absolute Gasteiger partial charge is 0.0852 e. The van der Waals surface area contributed by atoms with E-state index in [1.165, 1.54) is 5.56 Å². The highest BCUT2D eigenvalue weighted by molar-refractivity contribution is 5.38. The first-order valence-corrected chi connectivity index (χ1v) is 3.33. The molecule has 0 radical (unpaired) electrons. The lowest BCUT2D eigenvalue weighted by Gasteiger charge is -1.94. The number of nitrogens with zero attached hydrogens (tertiary/aromatic N) is 1. The van der Waals surface area contributed by atoms with E-state index in [1.807, 2.05) is 24.3 Å². The lowest BCUT2D eigenvalue weighted by molar-refractivity contribution is 1.11. The van der Waals surface area contributed by atoms with Crippen LogP contribution < -0.4 is 0 Å². The van der Waals surface area contributed by atoms with Crippen LogP contribution in [0.1, 0.15) is 12.5 Å². The van der Waals surface area contributed by atoms with Gasteiger partial charge in [-0.25, -0.2) is 5.53 Å². The second kappa shape index (κ2) is 3.11. The molecular weight excluding hydrogens is 124 g/mol. The standard InChI is InChI=1S/C8H10N2/c1-2-7-4-3-5-8(6-7)10-9/h3-6,9H,2H2,1H3. The molecule has 10 heavy (non-hydrogen) atoms. The Balaban J connectivity index is 2.98. The van der Waals surface area contributed by atoms with E-state index < -0.39 is 0 Å². The lowest BCUT2D eigenvalue weighted by atomic mass is 10.1. The third-order valence-corrected chi connectivity index (χ3v) is 1.45. The minimum Gasteiger partial charge on any atom is -0.204 e. The van der Waals surface area contributed by atoms with Gasteiger partial charge in [0.05, 0.1) is 5.69 Å². The molecule has 0 heterocycles. The number of aryl methyl sites for hydroxylation is 1. The van der Waals surface area contributed by atoms with Gasteiger partial charge in [0.2, 0.25) is 0 Å². The summed E-state index contributed by atoms with van der Waals surface area (Å²) in [5.41, 5.74) is 8.71. The second-order valence-corrected chi connectivity index (χ2v) is 2.14. The normalized spacial score (nSPS) is 9.30. The zero-order chi connectivity index (χ0) is 7.40.